The summed E-state index contributed by atoms with van der Waals surface area (Å²) in [7, 11) is 0. The smallest absolute Gasteiger partial charge is 0.330 e. The number of carbonyl (C=O) groups excluding carboxylic acids is 3. The Morgan fingerprint density at radius 3 is 2.33 bits per heavy atom. The largest absolute Gasteiger partial charge is 0.352 e. The zero-order valence-electron chi connectivity index (χ0n) is 17.6. The van der Waals surface area contributed by atoms with Crippen LogP contribution in [0.2, 0.25) is 5.02 Å². The molecule has 2 N–H and O–H groups in total. The number of benzene rings is 2. The van der Waals surface area contributed by atoms with Crippen molar-refractivity contribution < 1.29 is 23.2 Å². The van der Waals surface area contributed by atoms with Gasteiger partial charge in [0.15, 0.2) is 0 Å². The summed E-state index contributed by atoms with van der Waals surface area (Å²) in [5.41, 5.74) is 0.512. The number of nitrogens with one attached hydrogen (secondary N) is 2. The quantitative estimate of drug-likeness (QED) is 0.458. The number of hydrogen-bond acceptors (Lipinski definition) is 4. The number of rotatable bonds is 9. The van der Waals surface area contributed by atoms with Gasteiger partial charge in [0.25, 0.3) is 0 Å². The molecule has 3 rings (SSSR count). The van der Waals surface area contributed by atoms with E-state index in [-0.39, 0.29) is 26.1 Å². The molecule has 8 nitrogen and oxygen atoms in total. The molecule has 0 aliphatic carbocycles. The summed E-state index contributed by atoms with van der Waals surface area (Å²) in [5, 5.41) is 5.39. The van der Waals surface area contributed by atoms with Gasteiger partial charge in [-0.1, -0.05) is 11.6 Å². The van der Waals surface area contributed by atoms with Crippen molar-refractivity contribution in [3.05, 3.63) is 69.1 Å². The van der Waals surface area contributed by atoms with Gasteiger partial charge in [0.1, 0.15) is 31.0 Å². The molecule has 0 saturated heterocycles. The normalized spacial score (nSPS) is 11.9. The van der Waals surface area contributed by atoms with Crippen LogP contribution in [0.3, 0.4) is 0 Å². The Kier molecular flexibility index (Phi) is 7.59. The SMILES string of the molecule is CC(Cc1cc(F)cc(F)c1)NC(=O)Cn1c(=O)n(CC(=O)NCC=O)c2ccc(Cl)cc21. The fourth-order valence-corrected chi connectivity index (χ4v) is 3.72. The Labute approximate surface area is 192 Å². The minimum absolute atomic E-state index is 0.180. The molecular weight excluding hydrogens is 458 g/mol. The lowest BCUT2D eigenvalue weighted by Gasteiger charge is -2.14. The Morgan fingerprint density at radius 1 is 1.03 bits per heavy atom. The third-order valence-electron chi connectivity index (χ3n) is 4.84. The summed E-state index contributed by atoms with van der Waals surface area (Å²) in [5.74, 6) is -2.47. The van der Waals surface area contributed by atoms with Gasteiger partial charge in [0.2, 0.25) is 11.8 Å². The predicted octanol–water partition coefficient (Wildman–Crippen LogP) is 1.80. The summed E-state index contributed by atoms with van der Waals surface area (Å²) < 4.78 is 29.1. The molecule has 0 bridgehead atoms. The van der Waals surface area contributed by atoms with E-state index in [0.29, 0.717) is 27.9 Å². The van der Waals surface area contributed by atoms with Gasteiger partial charge >= 0.3 is 5.69 Å². The summed E-state index contributed by atoms with van der Waals surface area (Å²) in [4.78, 5) is 48.1. The molecular formula is C22H21ClF2N4O4. The van der Waals surface area contributed by atoms with E-state index in [0.717, 1.165) is 6.07 Å². The van der Waals surface area contributed by atoms with Gasteiger partial charge in [0.05, 0.1) is 17.6 Å². The molecule has 0 radical (unpaired) electrons. The van der Waals surface area contributed by atoms with Gasteiger partial charge in [-0.05, 0) is 49.2 Å². The molecule has 0 saturated carbocycles. The van der Waals surface area contributed by atoms with Crippen molar-refractivity contribution in [3.63, 3.8) is 0 Å². The molecule has 1 unspecified atom stereocenters. The Bertz CT molecular complexity index is 1250. The molecule has 11 heteroatoms. The highest BCUT2D eigenvalue weighted by Crippen LogP contribution is 2.19. The van der Waals surface area contributed by atoms with Crippen LogP contribution in [-0.2, 0) is 33.9 Å². The zero-order chi connectivity index (χ0) is 24.1. The molecule has 0 fully saturated rings. The van der Waals surface area contributed by atoms with E-state index in [2.05, 4.69) is 10.6 Å². The number of nitrogens with zero attached hydrogens (tertiary/aromatic N) is 2. The average molecular weight is 479 g/mol. The first-order valence-corrected chi connectivity index (χ1v) is 10.4. The van der Waals surface area contributed by atoms with Crippen molar-refractivity contribution in [3.8, 4) is 0 Å². The monoisotopic (exact) mass is 478 g/mol. The lowest BCUT2D eigenvalue weighted by Crippen LogP contribution is -2.39. The highest BCUT2D eigenvalue weighted by atomic mass is 35.5. The third-order valence-corrected chi connectivity index (χ3v) is 5.07. The molecule has 0 spiro atoms. The van der Waals surface area contributed by atoms with Crippen molar-refractivity contribution in [2.45, 2.75) is 32.5 Å². The van der Waals surface area contributed by atoms with Crippen molar-refractivity contribution in [2.75, 3.05) is 6.54 Å². The Balaban J connectivity index is 1.79. The maximum absolute atomic E-state index is 13.4. The number of halogens is 3. The van der Waals surface area contributed by atoms with Crippen LogP contribution in [0.4, 0.5) is 8.78 Å². The van der Waals surface area contributed by atoms with E-state index in [9.17, 15) is 28.0 Å². The van der Waals surface area contributed by atoms with Gasteiger partial charge < -0.3 is 15.4 Å². The number of carbonyl (C=O) groups is 3. The molecule has 2 aromatic carbocycles. The van der Waals surface area contributed by atoms with Crippen LogP contribution in [0, 0.1) is 11.6 Å². The maximum atomic E-state index is 13.4. The molecule has 1 atom stereocenters. The fraction of sp³-hybridized carbons (Fsp3) is 0.273. The lowest BCUT2D eigenvalue weighted by atomic mass is 10.1. The Morgan fingerprint density at radius 2 is 1.67 bits per heavy atom. The molecule has 2 amide bonds. The first kappa shape index (κ1) is 24.1. The summed E-state index contributed by atoms with van der Waals surface area (Å²) in [6.45, 7) is 0.774. The van der Waals surface area contributed by atoms with Crippen molar-refractivity contribution >= 4 is 40.7 Å². The molecule has 0 aliphatic heterocycles. The molecule has 1 aromatic heterocycles. The third kappa shape index (κ3) is 6.04. The van der Waals surface area contributed by atoms with Crippen LogP contribution < -0.4 is 16.3 Å². The van der Waals surface area contributed by atoms with Crippen LogP contribution in [0.1, 0.15) is 12.5 Å². The first-order chi connectivity index (χ1) is 15.7. The maximum Gasteiger partial charge on any atom is 0.330 e. The summed E-state index contributed by atoms with van der Waals surface area (Å²) in [6, 6.07) is 7.27. The van der Waals surface area contributed by atoms with Crippen LogP contribution in [0.5, 0.6) is 0 Å². The van der Waals surface area contributed by atoms with Crippen molar-refractivity contribution in [1.82, 2.24) is 19.8 Å². The molecule has 0 aliphatic rings. The van der Waals surface area contributed by atoms with E-state index in [1.807, 2.05) is 0 Å². The van der Waals surface area contributed by atoms with Crippen LogP contribution >= 0.6 is 11.6 Å². The van der Waals surface area contributed by atoms with Gasteiger partial charge in [-0.25, -0.2) is 13.6 Å². The first-order valence-electron chi connectivity index (χ1n) is 10.0. The van der Waals surface area contributed by atoms with E-state index >= 15 is 0 Å². The van der Waals surface area contributed by atoms with Crippen LogP contribution in [0.15, 0.2) is 41.2 Å². The van der Waals surface area contributed by atoms with Gasteiger partial charge in [-0.3, -0.25) is 18.7 Å². The molecule has 33 heavy (non-hydrogen) atoms. The van der Waals surface area contributed by atoms with Gasteiger partial charge in [-0.2, -0.15) is 0 Å². The second-order valence-corrected chi connectivity index (χ2v) is 7.95. The number of imidazole rings is 1. The number of fused-ring (bicyclic) bond motifs is 1. The highest BCUT2D eigenvalue weighted by molar-refractivity contribution is 6.31. The number of amides is 2. The van der Waals surface area contributed by atoms with Crippen molar-refractivity contribution in [2.24, 2.45) is 0 Å². The topological polar surface area (TPSA) is 102 Å². The van der Waals surface area contributed by atoms with E-state index in [1.54, 1.807) is 19.1 Å². The minimum Gasteiger partial charge on any atom is -0.352 e. The van der Waals surface area contributed by atoms with E-state index < -0.39 is 35.2 Å². The number of hydrogen-bond donors (Lipinski definition) is 2. The zero-order valence-corrected chi connectivity index (χ0v) is 18.4. The number of aromatic nitrogens is 2. The van der Waals surface area contributed by atoms with Crippen molar-refractivity contribution in [1.29, 1.82) is 0 Å². The Hall–Kier alpha value is -3.53. The second-order valence-electron chi connectivity index (χ2n) is 7.51. The standard InChI is InChI=1S/C22H21ClF2N4O4/c1-13(6-14-7-16(24)10-17(25)8-14)27-21(32)12-29-19-9-15(23)2-3-18(19)28(22(29)33)11-20(31)26-4-5-30/h2-3,5,7-10,13H,4,6,11-12H2,1H3,(H,26,31)(H,27,32). The average Bonchev–Trinajstić information content (AvgIpc) is 2.96. The predicted molar refractivity (Wildman–Crippen MR) is 118 cm³/mol. The summed E-state index contributed by atoms with van der Waals surface area (Å²) >= 11 is 6.06. The molecule has 3 aromatic rings. The summed E-state index contributed by atoms with van der Waals surface area (Å²) in [6.07, 6.45) is 0.702. The molecule has 174 valence electrons. The minimum atomic E-state index is -0.711. The van der Waals surface area contributed by atoms with E-state index in [1.165, 1.54) is 27.3 Å². The van der Waals surface area contributed by atoms with Gasteiger partial charge in [-0.15, -0.1) is 0 Å². The molecule has 1 heterocycles. The van der Waals surface area contributed by atoms with Crippen LogP contribution in [0.25, 0.3) is 11.0 Å². The highest BCUT2D eigenvalue weighted by Gasteiger charge is 2.19. The van der Waals surface area contributed by atoms with E-state index in [4.69, 9.17) is 11.6 Å². The number of aldehydes is 1. The van der Waals surface area contributed by atoms with Crippen LogP contribution in [-0.4, -0.2) is 39.8 Å². The fourth-order valence-electron chi connectivity index (χ4n) is 3.55. The van der Waals surface area contributed by atoms with Gasteiger partial charge in [0, 0.05) is 17.1 Å². The second kappa shape index (κ2) is 10.4. The lowest BCUT2D eigenvalue weighted by molar-refractivity contribution is -0.123.